The molecule has 0 spiro atoms. The summed E-state index contributed by atoms with van der Waals surface area (Å²) < 4.78 is 29.4. The van der Waals surface area contributed by atoms with E-state index in [1.54, 1.807) is 0 Å². The summed E-state index contributed by atoms with van der Waals surface area (Å²) in [7, 11) is 17.9. The van der Waals surface area contributed by atoms with Gasteiger partial charge in [-0.3, -0.25) is 24.5 Å². The minimum atomic E-state index is -3.93. The van der Waals surface area contributed by atoms with Crippen molar-refractivity contribution in [2.75, 3.05) is 0 Å². The second kappa shape index (κ2) is 9.15. The van der Waals surface area contributed by atoms with Gasteiger partial charge in [-0.25, -0.2) is 0 Å². The molecule has 2 aliphatic rings. The number of hydrogen-bond donors (Lipinski definition) is 1. The van der Waals surface area contributed by atoms with Gasteiger partial charge in [0.05, 0.1) is 0 Å². The summed E-state index contributed by atoms with van der Waals surface area (Å²) in [6, 6.07) is 6.23. The Morgan fingerprint density at radius 2 is 1.86 bits per heavy atom. The van der Waals surface area contributed by atoms with Crippen LogP contribution >= 0.6 is 11.6 Å². The number of piperidine rings is 1. The summed E-state index contributed by atoms with van der Waals surface area (Å²) in [5.41, 5.74) is 0.0307. The van der Waals surface area contributed by atoms with Crippen LogP contribution in [0, 0.1) is 0 Å². The number of hydrogen-bond acceptors (Lipinski definition) is 4. The van der Waals surface area contributed by atoms with E-state index in [0.29, 0.717) is 4.81 Å². The van der Waals surface area contributed by atoms with Crippen molar-refractivity contribution in [3.63, 3.8) is 0 Å². The fourth-order valence-corrected chi connectivity index (χ4v) is 4.29. The highest BCUT2D eigenvalue weighted by molar-refractivity contribution is 6.34. The second-order valence-electron chi connectivity index (χ2n) is 8.28. The normalized spacial score (nSPS) is 20.0. The first kappa shape index (κ1) is 25.0. The van der Waals surface area contributed by atoms with Gasteiger partial charge in [0, 0.05) is 35.1 Å². The first-order valence-corrected chi connectivity index (χ1v) is 10.8. The lowest BCUT2D eigenvalue weighted by Gasteiger charge is -2.33. The average molecular weight is 491 g/mol. The summed E-state index contributed by atoms with van der Waals surface area (Å²) in [5, 5.41) is 2.40. The van der Waals surface area contributed by atoms with E-state index in [2.05, 4.69) is 5.32 Å². The number of carbonyl (C=O) groups is 4. The first-order chi connectivity index (χ1) is 16.4. The Hall–Kier alpha value is -3.14. The van der Waals surface area contributed by atoms with E-state index < -0.39 is 53.6 Å². The largest absolute Gasteiger partial charge is 0.387 e. The van der Waals surface area contributed by atoms with Gasteiger partial charge in [-0.05, 0) is 29.7 Å². The molecule has 35 heavy (non-hydrogen) atoms. The van der Waals surface area contributed by atoms with Crippen molar-refractivity contribution in [1.82, 2.24) is 15.0 Å². The number of alkyl halides is 2. The van der Waals surface area contributed by atoms with Crippen LogP contribution in [0.2, 0.25) is 5.02 Å². The van der Waals surface area contributed by atoms with Gasteiger partial charge in [0.1, 0.15) is 21.7 Å². The van der Waals surface area contributed by atoms with Crippen LogP contribution < -0.4 is 10.8 Å². The molecule has 1 saturated heterocycles. The predicted molar refractivity (Wildman–Crippen MR) is 124 cm³/mol. The van der Waals surface area contributed by atoms with Gasteiger partial charge >= 0.3 is 5.92 Å². The van der Waals surface area contributed by atoms with E-state index in [1.807, 2.05) is 0 Å². The molecule has 2 aliphatic heterocycles. The lowest BCUT2D eigenvalue weighted by Crippen LogP contribution is -2.53. The number of rotatable bonds is 5. The molecule has 0 aliphatic carbocycles. The molecule has 13 heteroatoms. The highest BCUT2D eigenvalue weighted by Crippen LogP contribution is 2.36. The molecule has 0 bridgehead atoms. The monoisotopic (exact) mass is 491 g/mol. The van der Waals surface area contributed by atoms with Crippen LogP contribution in [-0.2, 0) is 26.9 Å². The van der Waals surface area contributed by atoms with Crippen LogP contribution in [0.15, 0.2) is 36.4 Å². The fraction of sp³-hybridized carbons (Fsp3) is 0.273. The number of halogens is 3. The van der Waals surface area contributed by atoms with Crippen molar-refractivity contribution in [3.05, 3.63) is 63.7 Å². The minimum absolute atomic E-state index is 0.0208. The van der Waals surface area contributed by atoms with E-state index in [0.717, 1.165) is 17.0 Å². The van der Waals surface area contributed by atoms with Crippen LogP contribution in [0.25, 0.3) is 0 Å². The van der Waals surface area contributed by atoms with Crippen molar-refractivity contribution in [3.8, 4) is 0 Å². The van der Waals surface area contributed by atoms with Crippen LogP contribution in [0.4, 0.5) is 8.78 Å². The topological polar surface area (TPSA) is 86.8 Å². The van der Waals surface area contributed by atoms with Crippen LogP contribution in [0.1, 0.15) is 45.8 Å². The van der Waals surface area contributed by atoms with Crippen LogP contribution in [-0.4, -0.2) is 63.1 Å². The molecule has 2 unspecified atom stereocenters. The summed E-state index contributed by atoms with van der Waals surface area (Å²) >= 11 is 5.72. The molecule has 4 rings (SSSR count). The lowest BCUT2D eigenvalue weighted by molar-refractivity contribution is -0.154. The second-order valence-corrected chi connectivity index (χ2v) is 8.71. The van der Waals surface area contributed by atoms with Crippen molar-refractivity contribution in [2.45, 2.75) is 37.3 Å². The molecule has 2 aromatic carbocycles. The zero-order valence-corrected chi connectivity index (χ0v) is 18.9. The molecule has 2 atom stereocenters. The predicted octanol–water partition coefficient (Wildman–Crippen LogP) is 0.766. The maximum absolute atomic E-state index is 14.7. The molecule has 1 fully saturated rings. The number of benzene rings is 2. The molecular weight excluding hydrogens is 476 g/mol. The number of fused-ring (bicyclic) bond motifs is 1. The van der Waals surface area contributed by atoms with Crippen LogP contribution in [0.3, 0.4) is 0 Å². The van der Waals surface area contributed by atoms with Crippen LogP contribution in [0.5, 0.6) is 0 Å². The number of carbonyl (C=O) groups excluding carboxylic acids is 4. The molecule has 0 aromatic heterocycles. The minimum Gasteiger partial charge on any atom is -0.387 e. The third-order valence-corrected chi connectivity index (χ3v) is 6.27. The Morgan fingerprint density at radius 3 is 2.49 bits per heavy atom. The fourth-order valence-electron chi connectivity index (χ4n) is 4.16. The van der Waals surface area contributed by atoms with E-state index in [4.69, 9.17) is 35.3 Å². The maximum atomic E-state index is 14.7. The summed E-state index contributed by atoms with van der Waals surface area (Å²) in [6.45, 7) is -0.500. The zero-order valence-electron chi connectivity index (χ0n) is 18.1. The Morgan fingerprint density at radius 1 is 1.20 bits per heavy atom. The molecule has 2 heterocycles. The van der Waals surface area contributed by atoms with Gasteiger partial charge in [-0.15, -0.1) is 0 Å². The SMILES string of the molecule is [B]c1cc2c(cc1CN([B])C(=O)C(F)(F)c1ccc(Cl)cc1)C([B])N(C1CCC(=O)NC1=O)C2=O. The van der Waals surface area contributed by atoms with E-state index in [1.165, 1.54) is 24.3 Å². The summed E-state index contributed by atoms with van der Waals surface area (Å²) in [6.07, 6.45) is 0.147. The third-order valence-electron chi connectivity index (χ3n) is 6.02. The van der Waals surface area contributed by atoms with Crippen molar-refractivity contribution >= 4 is 64.4 Å². The Bertz CT molecular complexity index is 1250. The molecule has 172 valence electrons. The molecule has 6 radical (unpaired) electrons. The van der Waals surface area contributed by atoms with Crippen molar-refractivity contribution < 1.29 is 28.0 Å². The Labute approximate surface area is 208 Å². The van der Waals surface area contributed by atoms with E-state index in [-0.39, 0.29) is 40.0 Å². The highest BCUT2D eigenvalue weighted by atomic mass is 35.5. The van der Waals surface area contributed by atoms with Gasteiger partial charge in [-0.1, -0.05) is 41.3 Å². The number of nitrogens with zero attached hydrogens (tertiary/aromatic N) is 2. The molecule has 1 N–H and O–H groups in total. The highest BCUT2D eigenvalue weighted by Gasteiger charge is 2.44. The van der Waals surface area contributed by atoms with Gasteiger partial charge < -0.3 is 9.71 Å². The first-order valence-electron chi connectivity index (χ1n) is 10.5. The van der Waals surface area contributed by atoms with E-state index in [9.17, 15) is 28.0 Å². The number of imide groups is 1. The lowest BCUT2D eigenvalue weighted by atomic mass is 9.81. The summed E-state index contributed by atoms with van der Waals surface area (Å²) in [4.78, 5) is 50.6. The standard InChI is InChI=1S/C22H15B3ClF2N3O4/c23-15-8-14-13(18(24)31(20(14)34)16-5-6-17(32)29-19(16)33)7-10(15)9-30(25)21(35)22(27,28)11-1-3-12(26)4-2-11/h1-4,7-8,16,18H,5-6,9H2,(H,29,32,33). The maximum Gasteiger partial charge on any atom is 0.348 e. The Kier molecular flexibility index (Phi) is 6.53. The average Bonchev–Trinajstić information content (AvgIpc) is 3.03. The van der Waals surface area contributed by atoms with Gasteiger partial charge in [0.15, 0.2) is 0 Å². The van der Waals surface area contributed by atoms with Crippen molar-refractivity contribution in [1.29, 1.82) is 0 Å². The third kappa shape index (κ3) is 4.47. The molecule has 7 nitrogen and oxygen atoms in total. The van der Waals surface area contributed by atoms with Gasteiger partial charge in [-0.2, -0.15) is 8.78 Å². The molecule has 0 saturated carbocycles. The van der Waals surface area contributed by atoms with Crippen molar-refractivity contribution in [2.24, 2.45) is 0 Å². The van der Waals surface area contributed by atoms with Gasteiger partial charge in [0.2, 0.25) is 19.8 Å². The molecular formula is C22H15B3ClF2N3O4. The summed E-state index contributed by atoms with van der Waals surface area (Å²) in [5.74, 6) is -8.31. The molecule has 4 amide bonds. The zero-order chi connectivity index (χ0) is 25.7. The number of amides is 4. The smallest absolute Gasteiger partial charge is 0.348 e. The van der Waals surface area contributed by atoms with E-state index >= 15 is 0 Å². The Balaban J connectivity index is 1.57. The number of nitrogens with one attached hydrogen (secondary N) is 1. The molecule has 2 aromatic rings. The van der Waals surface area contributed by atoms with Gasteiger partial charge in [0.25, 0.3) is 11.8 Å². The quantitative estimate of drug-likeness (QED) is 0.495.